The largest absolute Gasteiger partial charge is 0.436 e. The van der Waals surface area contributed by atoms with Crippen molar-refractivity contribution in [3.05, 3.63) is 72.9 Å². The average molecular weight is 361 g/mol. The predicted octanol–water partition coefficient (Wildman–Crippen LogP) is 4.06. The number of rotatable bonds is 4. The van der Waals surface area contributed by atoms with Crippen molar-refractivity contribution in [3.63, 3.8) is 0 Å². The van der Waals surface area contributed by atoms with Crippen molar-refractivity contribution in [1.29, 1.82) is 0 Å². The number of benzene rings is 1. The van der Waals surface area contributed by atoms with Gasteiger partial charge >= 0.3 is 0 Å². The number of halogens is 1. The third-order valence-electron chi connectivity index (χ3n) is 4.08. The molecule has 4 aromatic rings. The van der Waals surface area contributed by atoms with Crippen LogP contribution in [0.5, 0.6) is 11.6 Å². The second kappa shape index (κ2) is 6.87. The number of nitrogen functional groups attached to an aromatic ring is 1. The summed E-state index contributed by atoms with van der Waals surface area (Å²) in [6.45, 7) is 0. The van der Waals surface area contributed by atoms with E-state index in [-0.39, 0.29) is 5.88 Å². The monoisotopic (exact) mass is 361 g/mol. The predicted molar refractivity (Wildman–Crippen MR) is 101 cm³/mol. The van der Waals surface area contributed by atoms with E-state index in [2.05, 4.69) is 15.1 Å². The van der Waals surface area contributed by atoms with Crippen LogP contribution in [0.3, 0.4) is 0 Å². The molecule has 0 saturated carbocycles. The number of pyridine rings is 2. The lowest BCUT2D eigenvalue weighted by Gasteiger charge is -2.08. The molecule has 4 rings (SSSR count). The van der Waals surface area contributed by atoms with E-state index in [0.717, 1.165) is 17.0 Å². The van der Waals surface area contributed by atoms with Crippen LogP contribution in [0.2, 0.25) is 0 Å². The van der Waals surface area contributed by atoms with E-state index in [9.17, 15) is 4.39 Å². The first kappa shape index (κ1) is 16.7. The summed E-state index contributed by atoms with van der Waals surface area (Å²) in [5.41, 5.74) is 9.35. The van der Waals surface area contributed by atoms with Crippen molar-refractivity contribution >= 4 is 5.69 Å². The van der Waals surface area contributed by atoms with Crippen LogP contribution in [0.15, 0.2) is 67.1 Å². The zero-order valence-electron chi connectivity index (χ0n) is 14.5. The van der Waals surface area contributed by atoms with Gasteiger partial charge in [-0.1, -0.05) is 0 Å². The first-order chi connectivity index (χ1) is 13.1. The summed E-state index contributed by atoms with van der Waals surface area (Å²) < 4.78 is 21.6. The van der Waals surface area contributed by atoms with Crippen molar-refractivity contribution < 1.29 is 9.13 Å². The molecule has 27 heavy (non-hydrogen) atoms. The van der Waals surface area contributed by atoms with Crippen LogP contribution in [0.25, 0.3) is 22.5 Å². The van der Waals surface area contributed by atoms with Gasteiger partial charge in [0.25, 0.3) is 5.88 Å². The van der Waals surface area contributed by atoms with Crippen LogP contribution < -0.4 is 10.5 Å². The molecule has 3 heterocycles. The molecular formula is C20H16FN5O. The van der Waals surface area contributed by atoms with Gasteiger partial charge in [0.1, 0.15) is 5.75 Å². The third kappa shape index (κ3) is 3.48. The van der Waals surface area contributed by atoms with Gasteiger partial charge in [0.15, 0.2) is 5.82 Å². The smallest absolute Gasteiger partial charge is 0.255 e. The van der Waals surface area contributed by atoms with E-state index in [0.29, 0.717) is 17.0 Å². The molecule has 0 amide bonds. The van der Waals surface area contributed by atoms with Gasteiger partial charge in [-0.2, -0.15) is 5.10 Å². The normalized spacial score (nSPS) is 10.7. The van der Waals surface area contributed by atoms with Gasteiger partial charge < -0.3 is 10.5 Å². The Labute approximate surface area is 155 Å². The lowest BCUT2D eigenvalue weighted by molar-refractivity contribution is 0.423. The van der Waals surface area contributed by atoms with Gasteiger partial charge in [0.2, 0.25) is 0 Å². The summed E-state index contributed by atoms with van der Waals surface area (Å²) in [5.74, 6) is -0.147. The highest BCUT2D eigenvalue weighted by Crippen LogP contribution is 2.28. The number of hydrogen-bond donors (Lipinski definition) is 1. The molecule has 0 saturated heterocycles. The Balaban J connectivity index is 1.54. The van der Waals surface area contributed by atoms with Crippen LogP contribution >= 0.6 is 0 Å². The number of aryl methyl sites for hydroxylation is 1. The minimum absolute atomic E-state index is 0.0840. The average Bonchev–Trinajstić information content (AvgIpc) is 3.11. The second-order valence-corrected chi connectivity index (χ2v) is 5.95. The molecule has 7 heteroatoms. The summed E-state index contributed by atoms with van der Waals surface area (Å²) >= 11 is 0. The van der Waals surface area contributed by atoms with Gasteiger partial charge in [-0.05, 0) is 48.5 Å². The minimum Gasteiger partial charge on any atom is -0.436 e. The van der Waals surface area contributed by atoms with Gasteiger partial charge in [-0.3, -0.25) is 9.67 Å². The van der Waals surface area contributed by atoms with E-state index in [4.69, 9.17) is 10.5 Å². The molecule has 0 spiro atoms. The molecule has 0 radical (unpaired) electrons. The van der Waals surface area contributed by atoms with Gasteiger partial charge in [0.05, 0.1) is 23.3 Å². The van der Waals surface area contributed by atoms with E-state index < -0.39 is 5.82 Å². The second-order valence-electron chi connectivity index (χ2n) is 5.95. The maximum atomic E-state index is 14.4. The Morgan fingerprint density at radius 3 is 2.41 bits per heavy atom. The number of nitrogens with two attached hydrogens (primary N) is 1. The quantitative estimate of drug-likeness (QED) is 0.593. The summed E-state index contributed by atoms with van der Waals surface area (Å²) in [6.07, 6.45) is 4.81. The molecule has 0 aliphatic carbocycles. The molecular weight excluding hydrogens is 345 g/mol. The number of ether oxygens (including phenoxy) is 1. The van der Waals surface area contributed by atoms with E-state index in [1.54, 1.807) is 54.6 Å². The van der Waals surface area contributed by atoms with E-state index >= 15 is 0 Å². The Morgan fingerprint density at radius 1 is 0.963 bits per heavy atom. The molecule has 3 aromatic heterocycles. The first-order valence-corrected chi connectivity index (χ1v) is 8.24. The third-order valence-corrected chi connectivity index (χ3v) is 4.08. The Kier molecular flexibility index (Phi) is 4.25. The van der Waals surface area contributed by atoms with Crippen molar-refractivity contribution in [2.24, 2.45) is 7.05 Å². The lowest BCUT2D eigenvalue weighted by atomic mass is 10.1. The minimum atomic E-state index is -0.544. The van der Waals surface area contributed by atoms with Gasteiger partial charge in [0, 0.05) is 30.6 Å². The number of aromatic nitrogens is 4. The molecule has 1 aromatic carbocycles. The molecule has 0 aliphatic rings. The van der Waals surface area contributed by atoms with Crippen LogP contribution in [0, 0.1) is 5.82 Å². The van der Waals surface area contributed by atoms with Crippen LogP contribution in [-0.4, -0.2) is 19.7 Å². The summed E-state index contributed by atoms with van der Waals surface area (Å²) in [7, 11) is 1.79. The highest BCUT2D eigenvalue weighted by molar-refractivity contribution is 5.62. The molecule has 0 aliphatic heterocycles. The van der Waals surface area contributed by atoms with Gasteiger partial charge in [-0.25, -0.2) is 9.37 Å². The van der Waals surface area contributed by atoms with Crippen LogP contribution in [-0.2, 0) is 7.05 Å². The zero-order chi connectivity index (χ0) is 18.8. The fourth-order valence-corrected chi connectivity index (χ4v) is 2.68. The fourth-order valence-electron chi connectivity index (χ4n) is 2.68. The Morgan fingerprint density at radius 2 is 1.78 bits per heavy atom. The van der Waals surface area contributed by atoms with Crippen molar-refractivity contribution in [3.8, 4) is 34.1 Å². The van der Waals surface area contributed by atoms with Crippen molar-refractivity contribution in [1.82, 2.24) is 19.7 Å². The lowest BCUT2D eigenvalue weighted by Crippen LogP contribution is -1.97. The molecule has 134 valence electrons. The highest BCUT2D eigenvalue weighted by atomic mass is 19.1. The van der Waals surface area contributed by atoms with E-state index in [1.165, 1.54) is 6.07 Å². The van der Waals surface area contributed by atoms with Gasteiger partial charge in [-0.15, -0.1) is 0 Å². The zero-order valence-corrected chi connectivity index (χ0v) is 14.5. The summed E-state index contributed by atoms with van der Waals surface area (Å²) in [4.78, 5) is 8.37. The molecule has 2 N–H and O–H groups in total. The van der Waals surface area contributed by atoms with E-state index in [1.807, 2.05) is 18.2 Å². The number of hydrogen-bond acceptors (Lipinski definition) is 5. The standard InChI is InChI=1S/C20H16FN5O/c1-26-19(8-9-25-26)14-10-17(21)20(24-11-14)27-16-5-2-13(3-6-16)18-7-4-15(22)12-23-18/h2-12H,22H2,1H3. The molecule has 0 unspecified atom stereocenters. The maximum Gasteiger partial charge on any atom is 0.255 e. The molecule has 0 bridgehead atoms. The molecule has 0 atom stereocenters. The topological polar surface area (TPSA) is 78.8 Å². The van der Waals surface area contributed by atoms with Crippen molar-refractivity contribution in [2.45, 2.75) is 0 Å². The fraction of sp³-hybridized carbons (Fsp3) is 0.0500. The highest BCUT2D eigenvalue weighted by Gasteiger charge is 2.11. The maximum absolute atomic E-state index is 14.4. The molecule has 0 fully saturated rings. The number of nitrogens with zero attached hydrogens (tertiary/aromatic N) is 4. The summed E-state index contributed by atoms with van der Waals surface area (Å²) in [6, 6.07) is 14.0. The molecule has 6 nitrogen and oxygen atoms in total. The summed E-state index contributed by atoms with van der Waals surface area (Å²) in [5, 5.41) is 4.07. The number of anilines is 1. The van der Waals surface area contributed by atoms with Crippen molar-refractivity contribution in [2.75, 3.05) is 5.73 Å². The SMILES string of the molecule is Cn1nccc1-c1cnc(Oc2ccc(-c3ccc(N)cn3)cc2)c(F)c1. The van der Waals surface area contributed by atoms with Crippen LogP contribution in [0.4, 0.5) is 10.1 Å². The Bertz CT molecular complexity index is 1070. The first-order valence-electron chi connectivity index (χ1n) is 8.24. The van der Waals surface area contributed by atoms with Crippen LogP contribution in [0.1, 0.15) is 0 Å². The Hall–Kier alpha value is -3.74.